The Morgan fingerprint density at radius 3 is 1.24 bits per heavy atom. The van der Waals surface area contributed by atoms with Crippen LogP contribution in [0.4, 0.5) is 0 Å². The number of hydrogen-bond acceptors (Lipinski definition) is 3. The standard InChI is InChI=1S/C40H79NO4/c1-5-7-9-11-13-15-17-19-20-21-23-25-27-29-31-35-40(44)45-38(37-41(3,4)36-32-34-39(42)43)33-30-28-26-24-22-18-16-14-12-10-8-6-2/h38H,5-37H2,1-4H3/p+1. The summed E-state index contributed by atoms with van der Waals surface area (Å²) < 4.78 is 6.76. The van der Waals surface area contributed by atoms with Crippen molar-refractivity contribution in [3.05, 3.63) is 0 Å². The Morgan fingerprint density at radius 1 is 0.511 bits per heavy atom. The van der Waals surface area contributed by atoms with Gasteiger partial charge in [-0.25, -0.2) is 0 Å². The van der Waals surface area contributed by atoms with Gasteiger partial charge in [0.25, 0.3) is 0 Å². The van der Waals surface area contributed by atoms with Gasteiger partial charge in [0.1, 0.15) is 6.54 Å². The molecule has 45 heavy (non-hydrogen) atoms. The Kier molecular flexibility index (Phi) is 32.0. The second-order valence-corrected chi connectivity index (χ2v) is 14.8. The first-order chi connectivity index (χ1) is 21.8. The zero-order chi connectivity index (χ0) is 33.3. The van der Waals surface area contributed by atoms with Gasteiger partial charge in [0.15, 0.2) is 6.10 Å². The Hall–Kier alpha value is -1.10. The van der Waals surface area contributed by atoms with Gasteiger partial charge in [-0.3, -0.25) is 9.59 Å². The molecule has 5 nitrogen and oxygen atoms in total. The van der Waals surface area contributed by atoms with Crippen molar-refractivity contribution >= 4 is 11.9 Å². The molecule has 0 aromatic heterocycles. The highest BCUT2D eigenvalue weighted by Gasteiger charge is 2.25. The molecule has 268 valence electrons. The van der Waals surface area contributed by atoms with Crippen LogP contribution in [0.5, 0.6) is 0 Å². The third-order valence-electron chi connectivity index (χ3n) is 9.51. The number of ether oxygens (including phenoxy) is 1. The fourth-order valence-electron chi connectivity index (χ4n) is 6.59. The number of likely N-dealkylation sites (N-methyl/N-ethyl adjacent to an activating group) is 1. The Bertz CT molecular complexity index is 650. The summed E-state index contributed by atoms with van der Waals surface area (Å²) in [7, 11) is 4.28. The topological polar surface area (TPSA) is 63.6 Å². The lowest BCUT2D eigenvalue weighted by Gasteiger charge is -2.33. The van der Waals surface area contributed by atoms with Gasteiger partial charge in [-0.2, -0.15) is 0 Å². The molecule has 5 heteroatoms. The van der Waals surface area contributed by atoms with Crippen LogP contribution in [0.25, 0.3) is 0 Å². The summed E-state index contributed by atoms with van der Waals surface area (Å²) in [5.41, 5.74) is 0. The van der Waals surface area contributed by atoms with E-state index >= 15 is 0 Å². The molecule has 1 atom stereocenters. The molecule has 0 amide bonds. The van der Waals surface area contributed by atoms with Crippen molar-refractivity contribution in [2.24, 2.45) is 0 Å². The molecule has 0 radical (unpaired) electrons. The number of quaternary nitrogens is 1. The third-order valence-corrected chi connectivity index (χ3v) is 9.51. The predicted molar refractivity (Wildman–Crippen MR) is 194 cm³/mol. The number of aliphatic carboxylic acids is 1. The monoisotopic (exact) mass is 639 g/mol. The van der Waals surface area contributed by atoms with Crippen molar-refractivity contribution < 1.29 is 23.9 Å². The summed E-state index contributed by atoms with van der Waals surface area (Å²) in [5, 5.41) is 9.04. The van der Waals surface area contributed by atoms with Crippen molar-refractivity contribution in [2.75, 3.05) is 27.2 Å². The van der Waals surface area contributed by atoms with E-state index in [1.807, 2.05) is 0 Å². The molecule has 0 heterocycles. The van der Waals surface area contributed by atoms with E-state index in [0.29, 0.717) is 17.3 Å². The highest BCUT2D eigenvalue weighted by molar-refractivity contribution is 5.69. The molecule has 0 fully saturated rings. The molecule has 0 aliphatic heterocycles. The van der Waals surface area contributed by atoms with Gasteiger partial charge in [0, 0.05) is 12.8 Å². The summed E-state index contributed by atoms with van der Waals surface area (Å²) in [6, 6.07) is 0. The van der Waals surface area contributed by atoms with E-state index in [2.05, 4.69) is 27.9 Å². The lowest BCUT2D eigenvalue weighted by molar-refractivity contribution is -0.893. The maximum atomic E-state index is 12.8. The second-order valence-electron chi connectivity index (χ2n) is 14.8. The molecule has 0 aromatic carbocycles. The number of unbranched alkanes of at least 4 members (excludes halogenated alkanes) is 25. The summed E-state index contributed by atoms with van der Waals surface area (Å²) in [5.74, 6) is -0.780. The van der Waals surface area contributed by atoms with E-state index < -0.39 is 5.97 Å². The number of hydrogen-bond donors (Lipinski definition) is 1. The van der Waals surface area contributed by atoms with E-state index in [1.54, 1.807) is 0 Å². The molecule has 1 unspecified atom stereocenters. The molecular formula is C40H80NO4+. The number of nitrogens with zero attached hydrogens (tertiary/aromatic N) is 1. The molecule has 0 aliphatic carbocycles. The van der Waals surface area contributed by atoms with Gasteiger partial charge in [0.05, 0.1) is 27.1 Å². The van der Waals surface area contributed by atoms with Crippen LogP contribution in [-0.4, -0.2) is 54.8 Å². The van der Waals surface area contributed by atoms with Crippen LogP contribution >= 0.6 is 0 Å². The number of carbonyl (C=O) groups excluding carboxylic acids is 1. The fourth-order valence-corrected chi connectivity index (χ4v) is 6.59. The minimum absolute atomic E-state index is 0.0424. The van der Waals surface area contributed by atoms with Crippen molar-refractivity contribution in [2.45, 2.75) is 219 Å². The number of esters is 1. The van der Waals surface area contributed by atoms with E-state index in [1.165, 1.54) is 154 Å². The van der Waals surface area contributed by atoms with Gasteiger partial charge in [0.2, 0.25) is 0 Å². The molecule has 0 rings (SSSR count). The second kappa shape index (κ2) is 32.8. The van der Waals surface area contributed by atoms with Crippen molar-refractivity contribution in [3.8, 4) is 0 Å². The van der Waals surface area contributed by atoms with Gasteiger partial charge >= 0.3 is 11.9 Å². The molecule has 1 N–H and O–H groups in total. The van der Waals surface area contributed by atoms with E-state index in [9.17, 15) is 9.59 Å². The fraction of sp³-hybridized carbons (Fsp3) is 0.950. The van der Waals surface area contributed by atoms with Crippen LogP contribution < -0.4 is 0 Å². The van der Waals surface area contributed by atoms with E-state index in [-0.39, 0.29) is 18.5 Å². The first-order valence-electron chi connectivity index (χ1n) is 20.0. The summed E-state index contributed by atoms with van der Waals surface area (Å²) >= 11 is 0. The average Bonchev–Trinajstić information content (AvgIpc) is 2.99. The lowest BCUT2D eigenvalue weighted by atomic mass is 10.0. The van der Waals surface area contributed by atoms with E-state index in [4.69, 9.17) is 9.84 Å². The first-order valence-corrected chi connectivity index (χ1v) is 20.0. The normalized spacial score (nSPS) is 12.4. The highest BCUT2D eigenvalue weighted by Crippen LogP contribution is 2.18. The van der Waals surface area contributed by atoms with Crippen LogP contribution in [-0.2, 0) is 14.3 Å². The van der Waals surface area contributed by atoms with Crippen molar-refractivity contribution in [1.29, 1.82) is 0 Å². The number of carbonyl (C=O) groups is 2. The molecular weight excluding hydrogens is 558 g/mol. The maximum Gasteiger partial charge on any atom is 0.306 e. The maximum absolute atomic E-state index is 12.8. The Morgan fingerprint density at radius 2 is 0.867 bits per heavy atom. The quantitative estimate of drug-likeness (QED) is 0.0421. The van der Waals surface area contributed by atoms with Crippen molar-refractivity contribution in [1.82, 2.24) is 0 Å². The van der Waals surface area contributed by atoms with Gasteiger partial charge in [-0.1, -0.05) is 174 Å². The predicted octanol–water partition coefficient (Wildman–Crippen LogP) is 12.2. The molecule has 0 bridgehead atoms. The van der Waals surface area contributed by atoms with Crippen molar-refractivity contribution in [3.63, 3.8) is 0 Å². The molecule has 0 aromatic rings. The summed E-state index contributed by atoms with van der Waals surface area (Å²) in [4.78, 5) is 23.8. The number of carboxylic acids is 1. The van der Waals surface area contributed by atoms with Gasteiger partial charge in [-0.05, 0) is 19.3 Å². The summed E-state index contributed by atoms with van der Waals surface area (Å²) in [6.07, 6.45) is 38.0. The lowest BCUT2D eigenvalue weighted by Crippen LogP contribution is -2.47. The van der Waals surface area contributed by atoms with Crippen LogP contribution in [0.15, 0.2) is 0 Å². The SMILES string of the molecule is CCCCCCCCCCCCCCCCCC(=O)OC(CCCCCCCCCCCCCC)C[N+](C)(C)CCCC(=O)O. The van der Waals surface area contributed by atoms with Crippen LogP contribution in [0.1, 0.15) is 213 Å². The third kappa shape index (κ3) is 34.1. The number of carboxylic acid groups (broad SMARTS) is 1. The molecule has 0 saturated carbocycles. The Labute approximate surface area is 281 Å². The summed E-state index contributed by atoms with van der Waals surface area (Å²) in [6.45, 7) is 6.11. The Balaban J connectivity index is 4.14. The molecule has 0 saturated heterocycles. The minimum Gasteiger partial charge on any atom is -0.481 e. The zero-order valence-electron chi connectivity index (χ0n) is 31.0. The zero-order valence-corrected chi connectivity index (χ0v) is 31.0. The largest absolute Gasteiger partial charge is 0.481 e. The molecule has 0 aliphatic rings. The van der Waals surface area contributed by atoms with E-state index in [0.717, 1.165) is 38.8 Å². The van der Waals surface area contributed by atoms with Gasteiger partial charge in [-0.15, -0.1) is 0 Å². The minimum atomic E-state index is -0.738. The highest BCUT2D eigenvalue weighted by atomic mass is 16.5. The van der Waals surface area contributed by atoms with Crippen LogP contribution in [0.3, 0.4) is 0 Å². The van der Waals surface area contributed by atoms with Gasteiger partial charge < -0.3 is 14.3 Å². The van der Waals surface area contributed by atoms with Crippen LogP contribution in [0.2, 0.25) is 0 Å². The molecule has 0 spiro atoms. The smallest absolute Gasteiger partial charge is 0.306 e. The first kappa shape index (κ1) is 43.9. The number of rotatable bonds is 36. The average molecular weight is 639 g/mol. The van der Waals surface area contributed by atoms with Crippen LogP contribution in [0, 0.1) is 0 Å².